The van der Waals surface area contributed by atoms with Crippen molar-refractivity contribution in [2.75, 3.05) is 5.73 Å². The number of imidazole rings is 1. The lowest BCUT2D eigenvalue weighted by Crippen LogP contribution is -2.15. The molecule has 0 amide bonds. The lowest BCUT2D eigenvalue weighted by molar-refractivity contribution is 0.388. The standard InChI is InChI=1S/C15H23N3/c1-10(2)18-13-8-11(16)6-7-12(13)17-14(18)9-15(3,4)5/h6-8,10H,9,16H2,1-5H3. The summed E-state index contributed by atoms with van der Waals surface area (Å²) in [6.45, 7) is 11.1. The Labute approximate surface area is 109 Å². The second-order valence-electron chi connectivity index (χ2n) is 6.48. The molecule has 0 aliphatic carbocycles. The Hall–Kier alpha value is -1.51. The molecule has 0 saturated carbocycles. The monoisotopic (exact) mass is 245 g/mol. The van der Waals surface area contributed by atoms with Gasteiger partial charge in [-0.2, -0.15) is 0 Å². The van der Waals surface area contributed by atoms with Crippen LogP contribution in [0.5, 0.6) is 0 Å². The molecule has 98 valence electrons. The molecule has 0 atom stereocenters. The van der Waals surface area contributed by atoms with Gasteiger partial charge in [0, 0.05) is 18.2 Å². The van der Waals surface area contributed by atoms with Gasteiger partial charge in [0.1, 0.15) is 5.82 Å². The molecule has 0 bridgehead atoms. The molecule has 2 aromatic rings. The van der Waals surface area contributed by atoms with Gasteiger partial charge in [-0.3, -0.25) is 0 Å². The van der Waals surface area contributed by atoms with Gasteiger partial charge in [-0.25, -0.2) is 4.98 Å². The zero-order chi connectivity index (χ0) is 13.5. The first kappa shape index (κ1) is 12.9. The Bertz CT molecular complexity index is 559. The van der Waals surface area contributed by atoms with E-state index in [1.807, 2.05) is 18.2 Å². The van der Waals surface area contributed by atoms with Crippen LogP contribution in [-0.4, -0.2) is 9.55 Å². The lowest BCUT2D eigenvalue weighted by atomic mass is 9.92. The van der Waals surface area contributed by atoms with Crippen molar-refractivity contribution in [1.29, 1.82) is 0 Å². The number of nitrogens with two attached hydrogens (primary N) is 1. The maximum atomic E-state index is 5.89. The first-order valence-corrected chi connectivity index (χ1v) is 6.54. The van der Waals surface area contributed by atoms with Crippen LogP contribution in [0.25, 0.3) is 11.0 Å². The third kappa shape index (κ3) is 2.50. The van der Waals surface area contributed by atoms with Crippen molar-refractivity contribution in [2.24, 2.45) is 5.41 Å². The van der Waals surface area contributed by atoms with Crippen LogP contribution in [0.3, 0.4) is 0 Å². The third-order valence-corrected chi connectivity index (χ3v) is 2.99. The molecule has 0 aliphatic heterocycles. The largest absolute Gasteiger partial charge is 0.399 e. The van der Waals surface area contributed by atoms with E-state index >= 15 is 0 Å². The smallest absolute Gasteiger partial charge is 0.110 e. The Balaban J connectivity index is 2.62. The van der Waals surface area contributed by atoms with E-state index in [1.165, 1.54) is 0 Å². The molecule has 0 unspecified atom stereocenters. The van der Waals surface area contributed by atoms with E-state index in [1.54, 1.807) is 0 Å². The molecule has 1 heterocycles. The molecule has 18 heavy (non-hydrogen) atoms. The first-order valence-electron chi connectivity index (χ1n) is 6.54. The summed E-state index contributed by atoms with van der Waals surface area (Å²) in [5.41, 5.74) is 9.10. The number of anilines is 1. The molecule has 2 N–H and O–H groups in total. The summed E-state index contributed by atoms with van der Waals surface area (Å²) < 4.78 is 2.30. The van der Waals surface area contributed by atoms with Crippen LogP contribution in [0.4, 0.5) is 5.69 Å². The highest BCUT2D eigenvalue weighted by Crippen LogP contribution is 2.27. The number of hydrogen-bond donors (Lipinski definition) is 1. The van der Waals surface area contributed by atoms with Gasteiger partial charge in [0.2, 0.25) is 0 Å². The van der Waals surface area contributed by atoms with Gasteiger partial charge < -0.3 is 10.3 Å². The summed E-state index contributed by atoms with van der Waals surface area (Å²) in [5.74, 6) is 1.15. The Morgan fingerprint density at radius 3 is 2.50 bits per heavy atom. The van der Waals surface area contributed by atoms with Crippen LogP contribution < -0.4 is 5.73 Å². The fourth-order valence-corrected chi connectivity index (χ4v) is 2.34. The average molecular weight is 245 g/mol. The normalized spacial score (nSPS) is 12.6. The molecule has 0 spiro atoms. The minimum atomic E-state index is 0.236. The van der Waals surface area contributed by atoms with E-state index in [4.69, 9.17) is 10.7 Å². The molecule has 0 saturated heterocycles. The minimum absolute atomic E-state index is 0.236. The van der Waals surface area contributed by atoms with E-state index in [0.29, 0.717) is 6.04 Å². The van der Waals surface area contributed by atoms with Gasteiger partial charge in [0.15, 0.2) is 0 Å². The van der Waals surface area contributed by atoms with E-state index in [9.17, 15) is 0 Å². The highest BCUT2D eigenvalue weighted by Gasteiger charge is 2.19. The number of aromatic nitrogens is 2. The number of benzene rings is 1. The van der Waals surface area contributed by atoms with Crippen LogP contribution in [0.2, 0.25) is 0 Å². The zero-order valence-electron chi connectivity index (χ0n) is 12.0. The maximum absolute atomic E-state index is 5.89. The quantitative estimate of drug-likeness (QED) is 0.818. The van der Waals surface area contributed by atoms with Gasteiger partial charge in [0.25, 0.3) is 0 Å². The number of nitrogens with zero attached hydrogens (tertiary/aromatic N) is 2. The molecule has 0 radical (unpaired) electrons. The molecule has 3 heteroatoms. The van der Waals surface area contributed by atoms with Crippen LogP contribution in [0, 0.1) is 5.41 Å². The van der Waals surface area contributed by atoms with Gasteiger partial charge in [-0.05, 0) is 37.5 Å². The third-order valence-electron chi connectivity index (χ3n) is 2.99. The molecular weight excluding hydrogens is 222 g/mol. The van der Waals surface area contributed by atoms with Crippen molar-refractivity contribution < 1.29 is 0 Å². The molecule has 2 rings (SSSR count). The zero-order valence-corrected chi connectivity index (χ0v) is 12.0. The summed E-state index contributed by atoms with van der Waals surface area (Å²) in [6, 6.07) is 6.35. The number of nitrogen functional groups attached to an aromatic ring is 1. The van der Waals surface area contributed by atoms with E-state index in [-0.39, 0.29) is 5.41 Å². The van der Waals surface area contributed by atoms with Crippen molar-refractivity contribution in [1.82, 2.24) is 9.55 Å². The Kier molecular flexibility index (Phi) is 3.09. The fraction of sp³-hybridized carbons (Fsp3) is 0.533. The van der Waals surface area contributed by atoms with Crippen molar-refractivity contribution in [3.8, 4) is 0 Å². The fourth-order valence-electron chi connectivity index (χ4n) is 2.34. The highest BCUT2D eigenvalue weighted by molar-refractivity contribution is 5.79. The van der Waals surface area contributed by atoms with Crippen LogP contribution >= 0.6 is 0 Å². The summed E-state index contributed by atoms with van der Waals surface area (Å²) >= 11 is 0. The molecule has 1 aromatic carbocycles. The second kappa shape index (κ2) is 4.30. The summed E-state index contributed by atoms with van der Waals surface area (Å²) in [5, 5.41) is 0. The predicted molar refractivity (Wildman–Crippen MR) is 77.7 cm³/mol. The second-order valence-corrected chi connectivity index (χ2v) is 6.48. The van der Waals surface area contributed by atoms with E-state index < -0.39 is 0 Å². The molecule has 0 fully saturated rings. The van der Waals surface area contributed by atoms with Crippen molar-refractivity contribution in [3.05, 3.63) is 24.0 Å². The Morgan fingerprint density at radius 1 is 1.28 bits per heavy atom. The topological polar surface area (TPSA) is 43.8 Å². The molecule has 1 aromatic heterocycles. The van der Waals surface area contributed by atoms with E-state index in [0.717, 1.165) is 29.0 Å². The number of fused-ring (bicyclic) bond motifs is 1. The van der Waals surface area contributed by atoms with Crippen LogP contribution in [-0.2, 0) is 6.42 Å². The first-order chi connectivity index (χ1) is 8.28. The predicted octanol–water partition coefficient (Wildman–Crippen LogP) is 3.79. The van der Waals surface area contributed by atoms with Crippen molar-refractivity contribution in [2.45, 2.75) is 47.1 Å². The average Bonchev–Trinajstić information content (AvgIpc) is 2.51. The molecule has 0 aliphatic rings. The number of rotatable bonds is 2. The highest BCUT2D eigenvalue weighted by atomic mass is 15.1. The molecule has 3 nitrogen and oxygen atoms in total. The van der Waals surface area contributed by atoms with Crippen LogP contribution in [0.1, 0.15) is 46.5 Å². The number of hydrogen-bond acceptors (Lipinski definition) is 2. The van der Waals surface area contributed by atoms with Crippen molar-refractivity contribution in [3.63, 3.8) is 0 Å². The lowest BCUT2D eigenvalue weighted by Gasteiger charge is -2.20. The SMILES string of the molecule is CC(C)n1c(CC(C)(C)C)nc2ccc(N)cc21. The Morgan fingerprint density at radius 2 is 1.94 bits per heavy atom. The van der Waals surface area contributed by atoms with Gasteiger partial charge in [-0.15, -0.1) is 0 Å². The summed E-state index contributed by atoms with van der Waals surface area (Å²) in [4.78, 5) is 4.77. The van der Waals surface area contributed by atoms with E-state index in [2.05, 4.69) is 39.2 Å². The van der Waals surface area contributed by atoms with Crippen LogP contribution in [0.15, 0.2) is 18.2 Å². The maximum Gasteiger partial charge on any atom is 0.110 e. The summed E-state index contributed by atoms with van der Waals surface area (Å²) in [7, 11) is 0. The summed E-state index contributed by atoms with van der Waals surface area (Å²) in [6.07, 6.45) is 0.972. The van der Waals surface area contributed by atoms with Gasteiger partial charge >= 0.3 is 0 Å². The van der Waals surface area contributed by atoms with Gasteiger partial charge in [-0.1, -0.05) is 20.8 Å². The van der Waals surface area contributed by atoms with Crippen molar-refractivity contribution >= 4 is 16.7 Å². The molecular formula is C15H23N3. The van der Waals surface area contributed by atoms with Gasteiger partial charge in [0.05, 0.1) is 11.0 Å². The minimum Gasteiger partial charge on any atom is -0.399 e.